The van der Waals surface area contributed by atoms with Crippen molar-refractivity contribution in [3.63, 3.8) is 0 Å². The first-order valence-corrected chi connectivity index (χ1v) is 7.55. The van der Waals surface area contributed by atoms with Crippen molar-refractivity contribution in [3.8, 4) is 34.5 Å². The summed E-state index contributed by atoms with van der Waals surface area (Å²) in [5.41, 5.74) is 0.982. The molecule has 0 N–H and O–H groups in total. The number of esters is 1. The van der Waals surface area contributed by atoms with E-state index in [1.807, 2.05) is 0 Å². The smallest absolute Gasteiger partial charge is 0.343 e. The van der Waals surface area contributed by atoms with E-state index in [0.717, 1.165) is 5.56 Å². The van der Waals surface area contributed by atoms with Crippen LogP contribution in [-0.2, 0) is 0 Å². The molecule has 0 radical (unpaired) electrons. The first-order chi connectivity index (χ1) is 12.7. The summed E-state index contributed by atoms with van der Waals surface area (Å²) in [5.74, 6) is 1.32. The molecule has 0 saturated carbocycles. The van der Waals surface area contributed by atoms with Gasteiger partial charge in [-0.2, -0.15) is 0 Å². The molecule has 3 aromatic rings. The fourth-order valence-corrected chi connectivity index (χ4v) is 2.33. The number of methoxy groups -OCH3 is 3. The van der Waals surface area contributed by atoms with E-state index in [-0.39, 0.29) is 5.56 Å². The average molecular weight is 356 g/mol. The third kappa shape index (κ3) is 3.44. The quantitative estimate of drug-likeness (QED) is 0.491. The lowest BCUT2D eigenvalue weighted by molar-refractivity contribution is 0.0734. The van der Waals surface area contributed by atoms with E-state index < -0.39 is 5.97 Å². The Bertz CT molecular complexity index is 866. The number of ether oxygens (including phenoxy) is 4. The highest BCUT2D eigenvalue weighted by Gasteiger charge is 2.18. The summed E-state index contributed by atoms with van der Waals surface area (Å²) in [6, 6.07) is 9.74. The van der Waals surface area contributed by atoms with Crippen LogP contribution in [0.5, 0.6) is 23.0 Å². The highest BCUT2D eigenvalue weighted by Crippen LogP contribution is 2.38. The molecule has 0 aliphatic heterocycles. The number of carbonyl (C=O) groups excluding carboxylic acids is 1. The Kier molecular flexibility index (Phi) is 5.02. The Morgan fingerprint density at radius 1 is 0.962 bits per heavy atom. The van der Waals surface area contributed by atoms with Crippen LogP contribution in [0.4, 0.5) is 0 Å². The van der Waals surface area contributed by atoms with Gasteiger partial charge in [-0.3, -0.25) is 0 Å². The minimum atomic E-state index is -0.560. The number of carbonyl (C=O) groups is 1. The van der Waals surface area contributed by atoms with E-state index in [1.54, 1.807) is 24.3 Å². The van der Waals surface area contributed by atoms with Gasteiger partial charge < -0.3 is 23.4 Å². The number of hydrogen-bond donors (Lipinski definition) is 0. The molecule has 0 amide bonds. The average Bonchev–Trinajstić information content (AvgIpc) is 3.22. The van der Waals surface area contributed by atoms with Crippen LogP contribution in [0, 0.1) is 0 Å². The maximum Gasteiger partial charge on any atom is 0.343 e. The topological polar surface area (TPSA) is 92.9 Å². The van der Waals surface area contributed by atoms with Gasteiger partial charge in [0.25, 0.3) is 0 Å². The first kappa shape index (κ1) is 17.3. The summed E-state index contributed by atoms with van der Waals surface area (Å²) in [4.78, 5) is 12.4. The number of nitrogens with zero attached hydrogens (tertiary/aromatic N) is 2. The van der Waals surface area contributed by atoms with Gasteiger partial charge >= 0.3 is 5.97 Å². The molecule has 8 nitrogen and oxygen atoms in total. The zero-order valence-corrected chi connectivity index (χ0v) is 14.4. The lowest BCUT2D eigenvalue weighted by Crippen LogP contribution is -2.09. The number of rotatable bonds is 6. The summed E-state index contributed by atoms with van der Waals surface area (Å²) in [5, 5.41) is 7.43. The molecule has 1 heterocycles. The van der Waals surface area contributed by atoms with E-state index in [2.05, 4.69) is 10.2 Å². The molecule has 3 rings (SSSR count). The number of benzene rings is 2. The molecule has 0 spiro atoms. The molecule has 134 valence electrons. The van der Waals surface area contributed by atoms with Gasteiger partial charge in [0.2, 0.25) is 18.0 Å². The maximum absolute atomic E-state index is 12.4. The van der Waals surface area contributed by atoms with Crippen LogP contribution in [-0.4, -0.2) is 37.5 Å². The van der Waals surface area contributed by atoms with Crippen molar-refractivity contribution in [3.05, 3.63) is 48.4 Å². The number of aromatic nitrogens is 2. The van der Waals surface area contributed by atoms with Crippen molar-refractivity contribution in [2.45, 2.75) is 0 Å². The highest BCUT2D eigenvalue weighted by atomic mass is 16.5. The molecule has 26 heavy (non-hydrogen) atoms. The SMILES string of the molecule is COc1cc(C(=O)Oc2ccc(-c3nnco3)cc2)cc(OC)c1OC. The molecule has 0 atom stereocenters. The van der Waals surface area contributed by atoms with Crippen molar-refractivity contribution in [1.29, 1.82) is 0 Å². The van der Waals surface area contributed by atoms with Crippen LogP contribution in [0.15, 0.2) is 47.2 Å². The van der Waals surface area contributed by atoms with Gasteiger partial charge in [0, 0.05) is 5.56 Å². The van der Waals surface area contributed by atoms with Gasteiger partial charge in [-0.15, -0.1) is 10.2 Å². The van der Waals surface area contributed by atoms with Gasteiger partial charge in [0.05, 0.1) is 26.9 Å². The highest BCUT2D eigenvalue weighted by molar-refractivity contribution is 5.92. The van der Waals surface area contributed by atoms with Crippen LogP contribution < -0.4 is 18.9 Å². The zero-order valence-electron chi connectivity index (χ0n) is 14.4. The zero-order chi connectivity index (χ0) is 18.5. The molecular formula is C18H16N2O6. The number of hydrogen-bond acceptors (Lipinski definition) is 8. The predicted octanol–water partition coefficient (Wildman–Crippen LogP) is 2.98. The molecule has 0 aliphatic carbocycles. The minimum Gasteiger partial charge on any atom is -0.493 e. The summed E-state index contributed by atoms with van der Waals surface area (Å²) in [6.45, 7) is 0. The molecule has 0 aliphatic rings. The third-order valence-corrected chi connectivity index (χ3v) is 3.57. The third-order valence-electron chi connectivity index (χ3n) is 3.57. The summed E-state index contributed by atoms with van der Waals surface area (Å²) in [6.07, 6.45) is 1.24. The van der Waals surface area contributed by atoms with Crippen molar-refractivity contribution >= 4 is 5.97 Å². The lowest BCUT2D eigenvalue weighted by Gasteiger charge is -2.13. The Morgan fingerprint density at radius 2 is 1.62 bits per heavy atom. The largest absolute Gasteiger partial charge is 0.493 e. The molecule has 0 unspecified atom stereocenters. The van der Waals surface area contributed by atoms with Crippen LogP contribution in [0.1, 0.15) is 10.4 Å². The Balaban J connectivity index is 1.81. The normalized spacial score (nSPS) is 10.3. The Morgan fingerprint density at radius 3 is 2.12 bits per heavy atom. The fourth-order valence-electron chi connectivity index (χ4n) is 2.33. The molecule has 2 aromatic carbocycles. The monoisotopic (exact) mass is 356 g/mol. The maximum atomic E-state index is 12.4. The Hall–Kier alpha value is -3.55. The van der Waals surface area contributed by atoms with Crippen molar-refractivity contribution < 1.29 is 28.2 Å². The second-order valence-corrected chi connectivity index (χ2v) is 5.07. The summed E-state index contributed by atoms with van der Waals surface area (Å²) >= 11 is 0. The summed E-state index contributed by atoms with van der Waals surface area (Å²) < 4.78 is 26.2. The van der Waals surface area contributed by atoms with E-state index >= 15 is 0 Å². The van der Waals surface area contributed by atoms with Gasteiger partial charge in [-0.25, -0.2) is 4.79 Å². The summed E-state index contributed by atoms with van der Waals surface area (Å²) in [7, 11) is 4.44. The van der Waals surface area contributed by atoms with E-state index in [1.165, 1.54) is 39.9 Å². The van der Waals surface area contributed by atoms with Crippen molar-refractivity contribution in [2.24, 2.45) is 0 Å². The minimum absolute atomic E-state index is 0.264. The van der Waals surface area contributed by atoms with Crippen LogP contribution in [0.25, 0.3) is 11.5 Å². The van der Waals surface area contributed by atoms with E-state index in [9.17, 15) is 4.79 Å². The predicted molar refractivity (Wildman–Crippen MR) is 90.8 cm³/mol. The molecule has 0 saturated heterocycles. The lowest BCUT2D eigenvalue weighted by atomic mass is 10.1. The van der Waals surface area contributed by atoms with E-state index in [0.29, 0.717) is 28.9 Å². The molecule has 1 aromatic heterocycles. The second-order valence-electron chi connectivity index (χ2n) is 5.07. The molecule has 8 heteroatoms. The molecular weight excluding hydrogens is 340 g/mol. The standard InChI is InChI=1S/C18H16N2O6/c1-22-14-8-12(9-15(23-2)16(14)24-3)18(21)26-13-6-4-11(5-7-13)17-20-19-10-25-17/h4-10H,1-3H3. The van der Waals surface area contributed by atoms with Crippen LogP contribution in [0.2, 0.25) is 0 Å². The van der Waals surface area contributed by atoms with Gasteiger partial charge in [0.15, 0.2) is 11.5 Å². The van der Waals surface area contributed by atoms with Crippen LogP contribution in [0.3, 0.4) is 0 Å². The van der Waals surface area contributed by atoms with Gasteiger partial charge in [-0.05, 0) is 36.4 Å². The Labute approximate surface area is 149 Å². The fraction of sp³-hybridized carbons (Fsp3) is 0.167. The van der Waals surface area contributed by atoms with E-state index in [4.69, 9.17) is 23.4 Å². The van der Waals surface area contributed by atoms with Crippen molar-refractivity contribution in [2.75, 3.05) is 21.3 Å². The first-order valence-electron chi connectivity index (χ1n) is 7.55. The van der Waals surface area contributed by atoms with Gasteiger partial charge in [-0.1, -0.05) is 0 Å². The van der Waals surface area contributed by atoms with Crippen molar-refractivity contribution in [1.82, 2.24) is 10.2 Å². The molecule has 0 bridgehead atoms. The second kappa shape index (κ2) is 7.56. The van der Waals surface area contributed by atoms with Gasteiger partial charge in [0.1, 0.15) is 5.75 Å². The molecule has 0 fully saturated rings. The van der Waals surface area contributed by atoms with Crippen LogP contribution >= 0.6 is 0 Å².